The summed E-state index contributed by atoms with van der Waals surface area (Å²) in [4.78, 5) is 4.06. The van der Waals surface area contributed by atoms with Gasteiger partial charge in [-0.2, -0.15) is 0 Å². The number of hydrogen-bond donors (Lipinski definition) is 0. The molecule has 0 aromatic carbocycles. The summed E-state index contributed by atoms with van der Waals surface area (Å²) in [5.41, 5.74) is 2.01. The summed E-state index contributed by atoms with van der Waals surface area (Å²) in [5, 5.41) is 0. The zero-order chi connectivity index (χ0) is 7.40. The van der Waals surface area contributed by atoms with E-state index in [1.807, 2.05) is 19.1 Å². The first-order valence-corrected chi connectivity index (χ1v) is 4.03. The quantitative estimate of drug-likeness (QED) is 0.609. The van der Waals surface area contributed by atoms with Crippen molar-refractivity contribution in [2.45, 2.75) is 13.1 Å². The van der Waals surface area contributed by atoms with Crippen molar-refractivity contribution < 1.29 is 4.57 Å². The van der Waals surface area contributed by atoms with Gasteiger partial charge in [-0.15, -0.1) is 0 Å². The minimum absolute atomic E-state index is 0.134. The van der Waals surface area contributed by atoms with E-state index in [9.17, 15) is 4.57 Å². The molecule has 1 rings (SSSR count). The first-order chi connectivity index (χ1) is 4.83. The van der Waals surface area contributed by atoms with E-state index in [1.165, 1.54) is 0 Å². The Bertz CT molecular complexity index is 220. The smallest absolute Gasteiger partial charge is 0.161 e. The van der Waals surface area contributed by atoms with Crippen LogP contribution in [-0.4, -0.2) is 4.98 Å². The molecule has 0 atom stereocenters. The van der Waals surface area contributed by atoms with E-state index in [-0.39, 0.29) is 8.46 Å². The van der Waals surface area contributed by atoms with Gasteiger partial charge in [0.05, 0.1) is 11.9 Å². The highest BCUT2D eigenvalue weighted by Crippen LogP contribution is 2.05. The zero-order valence-corrected chi connectivity index (χ0v) is 6.64. The second kappa shape index (κ2) is 3.43. The van der Waals surface area contributed by atoms with Crippen LogP contribution in [0.15, 0.2) is 18.3 Å². The molecule has 3 heteroatoms. The normalized spacial score (nSPS) is 10.1. The molecule has 0 aliphatic rings. The summed E-state index contributed by atoms with van der Waals surface area (Å²) in [6, 6.07) is 3.85. The van der Waals surface area contributed by atoms with Crippen molar-refractivity contribution in [1.82, 2.24) is 4.98 Å². The molecule has 52 valence electrons. The molecule has 0 bridgehead atoms. The fraction of sp³-hybridized carbons (Fsp3) is 0.286. The Balaban J connectivity index is 2.78. The van der Waals surface area contributed by atoms with Crippen LogP contribution in [0.2, 0.25) is 0 Å². The van der Waals surface area contributed by atoms with Gasteiger partial charge in [0.2, 0.25) is 0 Å². The number of hydrogen-bond acceptors (Lipinski definition) is 2. The lowest BCUT2D eigenvalue weighted by atomic mass is 10.3. The van der Waals surface area contributed by atoms with E-state index in [0.29, 0.717) is 6.16 Å². The molecule has 0 fully saturated rings. The molecule has 1 aromatic heterocycles. The van der Waals surface area contributed by atoms with Crippen LogP contribution in [0.25, 0.3) is 0 Å². The maximum atomic E-state index is 10.1. The fourth-order valence-corrected chi connectivity index (χ4v) is 0.977. The molecule has 0 aliphatic carbocycles. The third-order valence-corrected chi connectivity index (χ3v) is 1.65. The highest BCUT2D eigenvalue weighted by atomic mass is 31.1. The first-order valence-electron chi connectivity index (χ1n) is 3.03. The molecule has 0 saturated heterocycles. The van der Waals surface area contributed by atoms with E-state index in [0.717, 1.165) is 11.3 Å². The van der Waals surface area contributed by atoms with Gasteiger partial charge in [-0.3, -0.25) is 9.55 Å². The van der Waals surface area contributed by atoms with Gasteiger partial charge in [-0.05, 0) is 18.6 Å². The van der Waals surface area contributed by atoms with Gasteiger partial charge >= 0.3 is 0 Å². The molecule has 0 radical (unpaired) electrons. The van der Waals surface area contributed by atoms with E-state index >= 15 is 0 Å². The van der Waals surface area contributed by atoms with Gasteiger partial charge in [0.25, 0.3) is 0 Å². The first kappa shape index (κ1) is 7.36. The van der Waals surface area contributed by atoms with Gasteiger partial charge in [-0.1, -0.05) is 6.07 Å². The van der Waals surface area contributed by atoms with Crippen LogP contribution in [0.4, 0.5) is 0 Å². The average molecular weight is 153 g/mol. The lowest BCUT2D eigenvalue weighted by molar-refractivity contribution is 0.598. The third kappa shape index (κ3) is 1.89. The number of rotatable bonds is 2. The molecular formula is C7H8NOP. The second-order valence-corrected chi connectivity index (χ2v) is 2.69. The summed E-state index contributed by atoms with van der Waals surface area (Å²) in [7, 11) is 0.134. The van der Waals surface area contributed by atoms with Crippen LogP contribution >= 0.6 is 8.46 Å². The lowest BCUT2D eigenvalue weighted by Gasteiger charge is -1.92. The molecule has 2 nitrogen and oxygen atoms in total. The zero-order valence-electron chi connectivity index (χ0n) is 5.74. The highest BCUT2D eigenvalue weighted by molar-refractivity contribution is 7.22. The SMILES string of the molecule is Cc1ccc(CP=O)nc1. The Labute approximate surface area is 61.5 Å². The molecule has 10 heavy (non-hydrogen) atoms. The molecule has 1 aromatic rings. The second-order valence-electron chi connectivity index (χ2n) is 2.11. The van der Waals surface area contributed by atoms with Crippen molar-refractivity contribution in [2.24, 2.45) is 0 Å². The van der Waals surface area contributed by atoms with Gasteiger partial charge < -0.3 is 0 Å². The van der Waals surface area contributed by atoms with Crippen molar-refractivity contribution in [1.29, 1.82) is 0 Å². The summed E-state index contributed by atoms with van der Waals surface area (Å²) < 4.78 is 10.1. The Kier molecular flexibility index (Phi) is 2.52. The summed E-state index contributed by atoms with van der Waals surface area (Å²) in [6.45, 7) is 1.98. The molecule has 0 unspecified atom stereocenters. The topological polar surface area (TPSA) is 30.0 Å². The van der Waals surface area contributed by atoms with Crippen LogP contribution < -0.4 is 0 Å². The third-order valence-electron chi connectivity index (χ3n) is 1.20. The fourth-order valence-electron chi connectivity index (χ4n) is 0.658. The van der Waals surface area contributed by atoms with Crippen molar-refractivity contribution in [3.63, 3.8) is 0 Å². The van der Waals surface area contributed by atoms with E-state index in [4.69, 9.17) is 0 Å². The molecule has 0 aliphatic heterocycles. The van der Waals surface area contributed by atoms with Crippen LogP contribution in [-0.2, 0) is 10.7 Å². The standard InChI is InChI=1S/C7H8NOP/c1-6-2-3-7(5-10-9)8-4-6/h2-4H,5H2,1H3. The minimum Gasteiger partial charge on any atom is -0.275 e. The maximum absolute atomic E-state index is 10.1. The van der Waals surface area contributed by atoms with E-state index < -0.39 is 0 Å². The van der Waals surface area contributed by atoms with Crippen LogP contribution in [0.3, 0.4) is 0 Å². The summed E-state index contributed by atoms with van der Waals surface area (Å²) >= 11 is 0. The number of pyridine rings is 1. The number of nitrogens with zero attached hydrogens (tertiary/aromatic N) is 1. The summed E-state index contributed by atoms with van der Waals surface area (Å²) in [6.07, 6.45) is 2.29. The van der Waals surface area contributed by atoms with Crippen molar-refractivity contribution in [2.75, 3.05) is 0 Å². The predicted molar refractivity (Wildman–Crippen MR) is 40.3 cm³/mol. The largest absolute Gasteiger partial charge is 0.275 e. The molecule has 0 amide bonds. The average Bonchev–Trinajstić information content (AvgIpc) is 1.95. The highest BCUT2D eigenvalue weighted by Gasteiger charge is 1.90. The Morgan fingerprint density at radius 3 is 2.90 bits per heavy atom. The predicted octanol–water partition coefficient (Wildman–Crippen LogP) is 2.18. The Hall–Kier alpha value is -0.750. The number of aromatic nitrogens is 1. The molecule has 0 saturated carbocycles. The van der Waals surface area contributed by atoms with Crippen LogP contribution in [0.1, 0.15) is 11.3 Å². The van der Waals surface area contributed by atoms with Crippen molar-refractivity contribution in [3.05, 3.63) is 29.6 Å². The minimum atomic E-state index is 0.134. The van der Waals surface area contributed by atoms with Gasteiger partial charge in [0.1, 0.15) is 0 Å². The van der Waals surface area contributed by atoms with Crippen LogP contribution in [0.5, 0.6) is 0 Å². The molecule has 0 N–H and O–H groups in total. The van der Waals surface area contributed by atoms with E-state index in [2.05, 4.69) is 4.98 Å². The monoisotopic (exact) mass is 153 g/mol. The molecule has 1 heterocycles. The van der Waals surface area contributed by atoms with Gasteiger partial charge in [0, 0.05) is 6.20 Å². The van der Waals surface area contributed by atoms with Crippen molar-refractivity contribution in [3.8, 4) is 0 Å². The molecular weight excluding hydrogens is 145 g/mol. The van der Waals surface area contributed by atoms with Crippen molar-refractivity contribution >= 4 is 8.46 Å². The Morgan fingerprint density at radius 2 is 2.40 bits per heavy atom. The van der Waals surface area contributed by atoms with Crippen LogP contribution in [0, 0.1) is 6.92 Å². The Morgan fingerprint density at radius 1 is 1.60 bits per heavy atom. The van der Waals surface area contributed by atoms with Gasteiger partial charge in [-0.25, -0.2) is 0 Å². The van der Waals surface area contributed by atoms with E-state index in [1.54, 1.807) is 6.20 Å². The lowest BCUT2D eigenvalue weighted by Crippen LogP contribution is -1.83. The molecule has 0 spiro atoms. The number of aryl methyl sites for hydroxylation is 1. The van der Waals surface area contributed by atoms with Gasteiger partial charge in [0.15, 0.2) is 8.46 Å². The maximum Gasteiger partial charge on any atom is 0.161 e. The summed E-state index contributed by atoms with van der Waals surface area (Å²) in [5.74, 6) is 0.